The SMILES string of the molecule is N#Cc1cnc2c(c1)N(Cc1ccc(C(=O)N[C@@H](CC3CCCC3)C(=O)NC3CC3)s1)CCO2. The van der Waals surface area contributed by atoms with Gasteiger partial charge in [0.2, 0.25) is 11.8 Å². The van der Waals surface area contributed by atoms with Crippen molar-refractivity contribution in [2.45, 2.75) is 63.6 Å². The van der Waals surface area contributed by atoms with Crippen molar-refractivity contribution in [2.75, 3.05) is 18.1 Å². The molecule has 9 heteroatoms. The molecule has 1 atom stereocenters. The summed E-state index contributed by atoms with van der Waals surface area (Å²) in [6, 6.07) is 7.48. The normalized spacial score (nSPS) is 18.5. The van der Waals surface area contributed by atoms with E-state index in [1.807, 2.05) is 12.1 Å². The lowest BCUT2D eigenvalue weighted by Crippen LogP contribution is -2.48. The number of hydrogen-bond donors (Lipinski definition) is 2. The first-order valence-electron chi connectivity index (χ1n) is 12.1. The van der Waals surface area contributed by atoms with Crippen molar-refractivity contribution >= 4 is 28.8 Å². The number of aromatic nitrogens is 1. The van der Waals surface area contributed by atoms with E-state index in [2.05, 4.69) is 26.6 Å². The maximum Gasteiger partial charge on any atom is 0.262 e. The van der Waals surface area contributed by atoms with Gasteiger partial charge in [0.1, 0.15) is 24.4 Å². The van der Waals surface area contributed by atoms with E-state index in [0.717, 1.165) is 36.2 Å². The molecule has 3 aliphatic rings. The van der Waals surface area contributed by atoms with Crippen LogP contribution in [0.25, 0.3) is 0 Å². The van der Waals surface area contributed by atoms with Crippen LogP contribution in [0.5, 0.6) is 5.88 Å². The standard InChI is InChI=1S/C25H29N5O3S/c26-13-17-12-21-25(27-14-17)33-10-9-30(21)15-19-7-8-22(34-19)24(32)29-20(11-16-3-1-2-4-16)23(31)28-18-5-6-18/h7-8,12,14,16,18,20H,1-6,9-11,15H2,(H,28,31)(H,29,32)/t20-/m0/s1. The Kier molecular flexibility index (Phi) is 6.68. The zero-order valence-corrected chi connectivity index (χ0v) is 19.9. The Labute approximate surface area is 203 Å². The third-order valence-electron chi connectivity index (χ3n) is 6.72. The molecule has 0 bridgehead atoms. The predicted molar refractivity (Wildman–Crippen MR) is 129 cm³/mol. The number of nitriles is 1. The summed E-state index contributed by atoms with van der Waals surface area (Å²) in [6.45, 7) is 1.79. The van der Waals surface area contributed by atoms with Crippen molar-refractivity contribution in [2.24, 2.45) is 5.92 Å². The fraction of sp³-hybridized carbons (Fsp3) is 0.520. The molecular formula is C25H29N5O3S. The maximum absolute atomic E-state index is 13.1. The summed E-state index contributed by atoms with van der Waals surface area (Å²) >= 11 is 1.43. The van der Waals surface area contributed by atoms with Crippen LogP contribution in [0.3, 0.4) is 0 Å². The van der Waals surface area contributed by atoms with E-state index in [-0.39, 0.29) is 17.9 Å². The van der Waals surface area contributed by atoms with E-state index in [1.54, 1.807) is 6.07 Å². The summed E-state index contributed by atoms with van der Waals surface area (Å²) in [5.74, 6) is 0.782. The van der Waals surface area contributed by atoms with Gasteiger partial charge in [0.25, 0.3) is 5.91 Å². The number of ether oxygens (including phenoxy) is 1. The largest absolute Gasteiger partial charge is 0.474 e. The van der Waals surface area contributed by atoms with E-state index in [1.165, 1.54) is 30.4 Å². The summed E-state index contributed by atoms with van der Waals surface area (Å²) in [6.07, 6.45) is 8.96. The molecule has 178 valence electrons. The molecule has 2 N–H and O–H groups in total. The van der Waals surface area contributed by atoms with Crippen molar-refractivity contribution < 1.29 is 14.3 Å². The second kappa shape index (κ2) is 10.0. The Morgan fingerprint density at radius 3 is 2.85 bits per heavy atom. The summed E-state index contributed by atoms with van der Waals surface area (Å²) in [5, 5.41) is 15.3. The zero-order valence-electron chi connectivity index (χ0n) is 19.1. The van der Waals surface area contributed by atoms with Gasteiger partial charge in [-0.15, -0.1) is 11.3 Å². The maximum atomic E-state index is 13.1. The van der Waals surface area contributed by atoms with Crippen LogP contribution < -0.4 is 20.3 Å². The van der Waals surface area contributed by atoms with Crippen molar-refractivity contribution in [1.82, 2.24) is 15.6 Å². The lowest BCUT2D eigenvalue weighted by molar-refractivity contribution is -0.123. The molecule has 0 aromatic carbocycles. The molecule has 34 heavy (non-hydrogen) atoms. The number of thiophene rings is 1. The number of rotatable bonds is 8. The molecule has 3 heterocycles. The Morgan fingerprint density at radius 2 is 2.09 bits per heavy atom. The summed E-state index contributed by atoms with van der Waals surface area (Å²) < 4.78 is 5.63. The molecule has 0 spiro atoms. The molecule has 1 aliphatic heterocycles. The lowest BCUT2D eigenvalue weighted by Gasteiger charge is -2.30. The predicted octanol–water partition coefficient (Wildman–Crippen LogP) is 3.37. The van der Waals surface area contributed by atoms with E-state index >= 15 is 0 Å². The fourth-order valence-electron chi connectivity index (χ4n) is 4.72. The van der Waals surface area contributed by atoms with E-state index in [9.17, 15) is 14.9 Å². The minimum Gasteiger partial charge on any atom is -0.474 e. The van der Waals surface area contributed by atoms with Gasteiger partial charge in [-0.3, -0.25) is 9.59 Å². The van der Waals surface area contributed by atoms with Gasteiger partial charge >= 0.3 is 0 Å². The number of carbonyl (C=O) groups excluding carboxylic acids is 2. The summed E-state index contributed by atoms with van der Waals surface area (Å²) in [4.78, 5) is 33.9. The number of nitrogens with one attached hydrogen (secondary N) is 2. The Hall–Kier alpha value is -3.12. The van der Waals surface area contributed by atoms with Gasteiger partial charge in [0.15, 0.2) is 0 Å². The molecule has 2 saturated carbocycles. The smallest absolute Gasteiger partial charge is 0.262 e. The van der Waals surface area contributed by atoms with E-state index in [0.29, 0.717) is 48.4 Å². The van der Waals surface area contributed by atoms with Crippen molar-refractivity contribution in [3.63, 3.8) is 0 Å². The van der Waals surface area contributed by atoms with Crippen molar-refractivity contribution in [3.05, 3.63) is 39.7 Å². The van der Waals surface area contributed by atoms with E-state index in [4.69, 9.17) is 4.74 Å². The third kappa shape index (κ3) is 5.33. The van der Waals surface area contributed by atoms with Gasteiger partial charge in [-0.05, 0) is 43.4 Å². The molecular weight excluding hydrogens is 450 g/mol. The Balaban J connectivity index is 1.25. The Morgan fingerprint density at radius 1 is 1.26 bits per heavy atom. The monoisotopic (exact) mass is 479 g/mol. The molecule has 2 aromatic rings. The molecule has 0 radical (unpaired) electrons. The highest BCUT2D eigenvalue weighted by Gasteiger charge is 2.31. The number of hydrogen-bond acceptors (Lipinski definition) is 7. The van der Waals surface area contributed by atoms with Gasteiger partial charge in [0.05, 0.1) is 23.5 Å². The van der Waals surface area contributed by atoms with Crippen LogP contribution in [0.1, 0.15) is 65.1 Å². The number of carbonyl (C=O) groups is 2. The second-order valence-corrected chi connectivity index (χ2v) is 10.6. The molecule has 2 fully saturated rings. The highest BCUT2D eigenvalue weighted by atomic mass is 32.1. The van der Waals surface area contributed by atoms with Gasteiger partial charge in [-0.25, -0.2) is 4.98 Å². The van der Waals surface area contributed by atoms with Gasteiger partial charge in [-0.2, -0.15) is 5.26 Å². The topological polar surface area (TPSA) is 107 Å². The average Bonchev–Trinajstić information content (AvgIpc) is 3.30. The quantitative estimate of drug-likeness (QED) is 0.601. The van der Waals surface area contributed by atoms with Crippen LogP contribution in [0.2, 0.25) is 0 Å². The van der Waals surface area contributed by atoms with Crippen molar-refractivity contribution in [3.8, 4) is 11.9 Å². The van der Waals surface area contributed by atoms with Crippen LogP contribution >= 0.6 is 11.3 Å². The number of nitrogens with zero attached hydrogens (tertiary/aromatic N) is 3. The van der Waals surface area contributed by atoms with Crippen molar-refractivity contribution in [1.29, 1.82) is 5.26 Å². The van der Waals surface area contributed by atoms with Crippen LogP contribution in [0, 0.1) is 17.2 Å². The van der Waals surface area contributed by atoms with Crippen LogP contribution in [0.15, 0.2) is 24.4 Å². The first-order valence-corrected chi connectivity index (χ1v) is 12.9. The van der Waals surface area contributed by atoms with E-state index < -0.39 is 6.04 Å². The number of anilines is 1. The molecule has 2 aliphatic carbocycles. The van der Waals surface area contributed by atoms with Crippen LogP contribution in [-0.4, -0.2) is 42.0 Å². The molecule has 0 saturated heterocycles. The lowest BCUT2D eigenvalue weighted by atomic mass is 9.97. The zero-order chi connectivity index (χ0) is 23.5. The molecule has 0 unspecified atom stereocenters. The number of amides is 2. The highest BCUT2D eigenvalue weighted by Crippen LogP contribution is 2.33. The second-order valence-electron chi connectivity index (χ2n) is 9.39. The third-order valence-corrected chi connectivity index (χ3v) is 7.79. The van der Waals surface area contributed by atoms with Gasteiger partial charge in [-0.1, -0.05) is 25.7 Å². The van der Waals surface area contributed by atoms with Gasteiger partial charge in [0, 0.05) is 17.1 Å². The average molecular weight is 480 g/mol. The minimum absolute atomic E-state index is 0.0507. The fourth-order valence-corrected chi connectivity index (χ4v) is 5.65. The molecule has 2 aromatic heterocycles. The molecule has 8 nitrogen and oxygen atoms in total. The molecule has 2 amide bonds. The Bertz CT molecular complexity index is 1100. The highest BCUT2D eigenvalue weighted by molar-refractivity contribution is 7.14. The summed E-state index contributed by atoms with van der Waals surface area (Å²) in [5.41, 5.74) is 1.27. The first-order chi connectivity index (χ1) is 16.6. The van der Waals surface area contributed by atoms with Crippen LogP contribution in [0.4, 0.5) is 5.69 Å². The molecule has 5 rings (SSSR count). The van der Waals surface area contributed by atoms with Gasteiger partial charge < -0.3 is 20.3 Å². The van der Waals surface area contributed by atoms with Crippen LogP contribution in [-0.2, 0) is 11.3 Å². The number of fused-ring (bicyclic) bond motifs is 1. The first kappa shape index (κ1) is 22.7. The minimum atomic E-state index is -0.483. The number of pyridine rings is 1. The summed E-state index contributed by atoms with van der Waals surface area (Å²) in [7, 11) is 0.